The van der Waals surface area contributed by atoms with Crippen molar-refractivity contribution in [1.29, 1.82) is 0 Å². The van der Waals surface area contributed by atoms with Gasteiger partial charge in [-0.15, -0.1) is 11.3 Å². The molecule has 8 rings (SSSR count). The lowest BCUT2D eigenvalue weighted by molar-refractivity contribution is 1.22. The second-order valence-electron chi connectivity index (χ2n) is 10.2. The molecule has 0 saturated carbocycles. The summed E-state index contributed by atoms with van der Waals surface area (Å²) in [6, 6.07) is 54.8. The van der Waals surface area contributed by atoms with Gasteiger partial charge in [0.25, 0.3) is 0 Å². The summed E-state index contributed by atoms with van der Waals surface area (Å²) in [6.45, 7) is 0. The minimum atomic E-state index is 1.23. The van der Waals surface area contributed by atoms with E-state index in [1.807, 2.05) is 11.3 Å². The molecule has 188 valence electrons. The zero-order valence-electron chi connectivity index (χ0n) is 21.8. The Morgan fingerprint density at radius 1 is 0.375 bits per heavy atom. The van der Waals surface area contributed by atoms with Gasteiger partial charge in [0.2, 0.25) is 0 Å². The van der Waals surface area contributed by atoms with Crippen LogP contribution in [0.4, 0.5) is 0 Å². The second-order valence-corrected chi connectivity index (χ2v) is 11.2. The predicted molar refractivity (Wildman–Crippen MR) is 172 cm³/mol. The molecule has 0 radical (unpaired) electrons. The van der Waals surface area contributed by atoms with Crippen molar-refractivity contribution in [1.82, 2.24) is 4.57 Å². The van der Waals surface area contributed by atoms with Gasteiger partial charge in [-0.1, -0.05) is 121 Å². The van der Waals surface area contributed by atoms with Gasteiger partial charge in [-0.05, 0) is 58.1 Å². The number of rotatable bonds is 4. The maximum absolute atomic E-state index is 2.49. The van der Waals surface area contributed by atoms with Gasteiger partial charge in [0.15, 0.2) is 0 Å². The summed E-state index contributed by atoms with van der Waals surface area (Å²) in [5.41, 5.74) is 9.92. The quantitative estimate of drug-likeness (QED) is 0.214. The fourth-order valence-corrected chi connectivity index (χ4v) is 7.19. The standard InChI is InChI=1S/C38H25NS/c1-4-12-26(13-5-1)29-20-22-34-32(24-29)33-25-30(27-14-6-2-7-15-27)21-23-35(33)39(34)38-37(28-16-8-3-9-17-28)31-18-10-11-19-36(31)40-38/h1-25H. The van der Waals surface area contributed by atoms with Crippen LogP contribution in [-0.2, 0) is 0 Å². The largest absolute Gasteiger partial charge is 0.300 e. The Hall–Kier alpha value is -4.92. The van der Waals surface area contributed by atoms with E-state index in [1.165, 1.54) is 70.3 Å². The summed E-state index contributed by atoms with van der Waals surface area (Å²) in [5.74, 6) is 0. The zero-order valence-corrected chi connectivity index (χ0v) is 22.6. The van der Waals surface area contributed by atoms with E-state index in [4.69, 9.17) is 0 Å². The summed E-state index contributed by atoms with van der Waals surface area (Å²) in [4.78, 5) is 0. The van der Waals surface area contributed by atoms with Crippen LogP contribution in [0.2, 0.25) is 0 Å². The minimum absolute atomic E-state index is 1.23. The van der Waals surface area contributed by atoms with Gasteiger partial charge in [0.1, 0.15) is 5.00 Å². The van der Waals surface area contributed by atoms with Crippen LogP contribution in [0.15, 0.2) is 152 Å². The van der Waals surface area contributed by atoms with E-state index in [1.54, 1.807) is 0 Å². The third kappa shape index (κ3) is 3.69. The van der Waals surface area contributed by atoms with Crippen LogP contribution >= 0.6 is 11.3 Å². The SMILES string of the molecule is c1ccc(-c2ccc3c(c2)c2cc(-c4ccccc4)ccc2n3-c2sc3ccccc3c2-c2ccccc2)cc1. The molecule has 2 aromatic heterocycles. The first-order valence-corrected chi connectivity index (χ1v) is 14.4. The van der Waals surface area contributed by atoms with Crippen LogP contribution in [0.5, 0.6) is 0 Å². The van der Waals surface area contributed by atoms with Crippen molar-refractivity contribution in [2.45, 2.75) is 0 Å². The lowest BCUT2D eigenvalue weighted by atomic mass is 10.0. The van der Waals surface area contributed by atoms with Crippen molar-refractivity contribution in [2.24, 2.45) is 0 Å². The molecule has 0 unspecified atom stereocenters. The molecule has 2 heteroatoms. The highest BCUT2D eigenvalue weighted by Crippen LogP contribution is 2.45. The fraction of sp³-hybridized carbons (Fsp3) is 0. The van der Waals surface area contributed by atoms with Crippen LogP contribution in [0, 0.1) is 0 Å². The molecular formula is C38H25NS. The maximum atomic E-state index is 2.49. The van der Waals surface area contributed by atoms with E-state index in [0.29, 0.717) is 0 Å². The maximum Gasteiger partial charge on any atom is 0.109 e. The fourth-order valence-electron chi connectivity index (χ4n) is 5.94. The Labute approximate surface area is 237 Å². The molecular weight excluding hydrogens is 502 g/mol. The van der Waals surface area contributed by atoms with E-state index < -0.39 is 0 Å². The van der Waals surface area contributed by atoms with Crippen LogP contribution in [-0.4, -0.2) is 4.57 Å². The Morgan fingerprint density at radius 3 is 1.40 bits per heavy atom. The topological polar surface area (TPSA) is 4.93 Å². The molecule has 6 aromatic carbocycles. The monoisotopic (exact) mass is 527 g/mol. The molecule has 0 aliphatic carbocycles. The predicted octanol–water partition coefficient (Wildman–Crippen LogP) is 11.0. The number of hydrogen-bond donors (Lipinski definition) is 0. The highest BCUT2D eigenvalue weighted by molar-refractivity contribution is 7.22. The molecule has 0 N–H and O–H groups in total. The molecule has 0 atom stereocenters. The first-order valence-electron chi connectivity index (χ1n) is 13.6. The highest BCUT2D eigenvalue weighted by Gasteiger charge is 2.21. The molecule has 40 heavy (non-hydrogen) atoms. The number of thiophene rings is 1. The van der Waals surface area contributed by atoms with Gasteiger partial charge in [-0.3, -0.25) is 0 Å². The van der Waals surface area contributed by atoms with E-state index in [9.17, 15) is 0 Å². The van der Waals surface area contributed by atoms with E-state index in [-0.39, 0.29) is 0 Å². The average molecular weight is 528 g/mol. The summed E-state index contributed by atoms with van der Waals surface area (Å²) in [7, 11) is 0. The Kier molecular flexibility index (Phi) is 5.39. The van der Waals surface area contributed by atoms with Crippen LogP contribution in [0.3, 0.4) is 0 Å². The summed E-state index contributed by atoms with van der Waals surface area (Å²) < 4.78 is 3.79. The minimum Gasteiger partial charge on any atom is -0.300 e. The van der Waals surface area contributed by atoms with Crippen molar-refractivity contribution >= 4 is 43.2 Å². The first-order chi connectivity index (χ1) is 19.8. The number of nitrogens with zero attached hydrogens (tertiary/aromatic N) is 1. The number of hydrogen-bond acceptors (Lipinski definition) is 1. The normalized spacial score (nSPS) is 11.5. The average Bonchev–Trinajstić information content (AvgIpc) is 3.57. The van der Waals surface area contributed by atoms with Crippen molar-refractivity contribution < 1.29 is 0 Å². The molecule has 0 amide bonds. The summed E-state index contributed by atoms with van der Waals surface area (Å²) >= 11 is 1.87. The van der Waals surface area contributed by atoms with E-state index >= 15 is 0 Å². The van der Waals surface area contributed by atoms with Crippen LogP contribution < -0.4 is 0 Å². The molecule has 1 nitrogen and oxygen atoms in total. The third-order valence-corrected chi connectivity index (χ3v) is 8.98. The Balaban J connectivity index is 1.48. The van der Waals surface area contributed by atoms with Gasteiger partial charge in [0.05, 0.1) is 11.0 Å². The van der Waals surface area contributed by atoms with Crippen molar-refractivity contribution in [3.63, 3.8) is 0 Å². The molecule has 0 spiro atoms. The van der Waals surface area contributed by atoms with Gasteiger partial charge >= 0.3 is 0 Å². The number of fused-ring (bicyclic) bond motifs is 4. The van der Waals surface area contributed by atoms with Crippen molar-refractivity contribution in [3.8, 4) is 38.4 Å². The van der Waals surface area contributed by atoms with Gasteiger partial charge in [-0.25, -0.2) is 0 Å². The van der Waals surface area contributed by atoms with Crippen molar-refractivity contribution in [2.75, 3.05) is 0 Å². The molecule has 0 aliphatic heterocycles. The Bertz CT molecular complexity index is 2040. The van der Waals surface area contributed by atoms with Crippen molar-refractivity contribution in [3.05, 3.63) is 152 Å². The third-order valence-electron chi connectivity index (χ3n) is 7.82. The number of benzene rings is 6. The van der Waals surface area contributed by atoms with E-state index in [0.717, 1.165) is 0 Å². The molecule has 0 aliphatic rings. The first kappa shape index (κ1) is 23.0. The molecule has 2 heterocycles. The van der Waals surface area contributed by atoms with Crippen LogP contribution in [0.25, 0.3) is 70.3 Å². The molecule has 0 saturated heterocycles. The summed E-state index contributed by atoms with van der Waals surface area (Å²) in [5, 5.41) is 5.09. The molecule has 0 fully saturated rings. The molecule has 8 aromatic rings. The second kappa shape index (κ2) is 9.37. The van der Waals surface area contributed by atoms with Crippen LogP contribution in [0.1, 0.15) is 0 Å². The lowest BCUT2D eigenvalue weighted by Gasteiger charge is -2.10. The van der Waals surface area contributed by atoms with Gasteiger partial charge < -0.3 is 4.57 Å². The Morgan fingerprint density at radius 2 is 0.850 bits per heavy atom. The van der Waals surface area contributed by atoms with Gasteiger partial charge in [0, 0.05) is 26.4 Å². The number of aromatic nitrogens is 1. The van der Waals surface area contributed by atoms with Gasteiger partial charge in [-0.2, -0.15) is 0 Å². The molecule has 0 bridgehead atoms. The smallest absolute Gasteiger partial charge is 0.109 e. The summed E-state index contributed by atoms with van der Waals surface area (Å²) in [6.07, 6.45) is 0. The van der Waals surface area contributed by atoms with E-state index in [2.05, 4.69) is 156 Å². The zero-order chi connectivity index (χ0) is 26.5. The highest BCUT2D eigenvalue weighted by atomic mass is 32.1. The lowest BCUT2D eigenvalue weighted by Crippen LogP contribution is -1.93.